The van der Waals surface area contributed by atoms with Gasteiger partial charge in [-0.2, -0.15) is 0 Å². The number of fused-ring (bicyclic) bond motifs is 1. The van der Waals surface area contributed by atoms with Gasteiger partial charge in [0.15, 0.2) is 0 Å². The van der Waals surface area contributed by atoms with Gasteiger partial charge in [-0.3, -0.25) is 0 Å². The normalized spacial score (nSPS) is 26.2. The molecule has 6 rings (SSSR count). The largest absolute Gasteiger partial charge is 0.508 e. The Morgan fingerprint density at radius 1 is 1.16 bits per heavy atom. The number of anilines is 1. The highest BCUT2D eigenvalue weighted by atomic mass is 19.1. The van der Waals surface area contributed by atoms with Crippen molar-refractivity contribution < 1.29 is 23.8 Å². The fraction of sp³-hybridized carbons (Fsp3) is 0.469. The van der Waals surface area contributed by atoms with Crippen molar-refractivity contribution in [3.8, 4) is 17.2 Å². The smallest absolute Gasteiger partial charge is 0.147 e. The summed E-state index contributed by atoms with van der Waals surface area (Å²) in [5, 5.41) is 10.1. The van der Waals surface area contributed by atoms with Gasteiger partial charge < -0.3 is 24.3 Å². The number of piperidine rings is 1. The van der Waals surface area contributed by atoms with Gasteiger partial charge in [0.1, 0.15) is 29.4 Å². The van der Waals surface area contributed by atoms with Crippen LogP contribution < -0.4 is 14.4 Å². The van der Waals surface area contributed by atoms with E-state index in [2.05, 4.69) is 30.1 Å². The fourth-order valence-corrected chi connectivity index (χ4v) is 7.09. The summed E-state index contributed by atoms with van der Waals surface area (Å²) in [6.45, 7) is 4.20. The third-order valence-corrected chi connectivity index (χ3v) is 9.31. The number of hydrogen-bond acceptors (Lipinski definition) is 5. The van der Waals surface area contributed by atoms with Gasteiger partial charge in [0.25, 0.3) is 0 Å². The van der Waals surface area contributed by atoms with Gasteiger partial charge in [-0.05, 0) is 61.1 Å². The molecule has 2 aliphatic carbocycles. The molecule has 2 fully saturated rings. The van der Waals surface area contributed by atoms with Crippen LogP contribution in [0.5, 0.6) is 17.2 Å². The average molecular weight is 518 g/mol. The molecule has 1 N–H and O–H groups in total. The topological polar surface area (TPSA) is 59.0 Å². The maximum Gasteiger partial charge on any atom is 0.147 e. The number of allylic oxidation sites excluding steroid dienone is 3. The molecule has 2 aromatic carbocycles. The zero-order chi connectivity index (χ0) is 26.4. The number of rotatable bonds is 5. The second kappa shape index (κ2) is 9.79. The number of carbonyl (C=O) groups excluding carboxylic acids is 1. The lowest BCUT2D eigenvalue weighted by Gasteiger charge is -2.51. The van der Waals surface area contributed by atoms with Crippen LogP contribution >= 0.6 is 0 Å². The van der Waals surface area contributed by atoms with Crippen LogP contribution in [-0.4, -0.2) is 38.2 Å². The number of nitrogens with zero attached hydrogens (tertiary/aromatic N) is 1. The third kappa shape index (κ3) is 4.38. The number of methoxy groups -OCH3 is 1. The number of phenols is 1. The van der Waals surface area contributed by atoms with E-state index in [1.165, 1.54) is 5.57 Å². The molecule has 0 aromatic heterocycles. The molecule has 0 amide bonds. The summed E-state index contributed by atoms with van der Waals surface area (Å²) < 4.78 is 28.0. The Morgan fingerprint density at radius 3 is 2.63 bits per heavy atom. The van der Waals surface area contributed by atoms with Crippen molar-refractivity contribution in [3.63, 3.8) is 0 Å². The molecule has 3 atom stereocenters. The van der Waals surface area contributed by atoms with Crippen molar-refractivity contribution in [2.24, 2.45) is 23.2 Å². The molecule has 0 radical (unpaired) electrons. The Labute approximate surface area is 223 Å². The van der Waals surface area contributed by atoms with E-state index >= 15 is 4.39 Å². The van der Waals surface area contributed by atoms with E-state index in [1.807, 2.05) is 12.1 Å². The summed E-state index contributed by atoms with van der Waals surface area (Å²) in [6, 6.07) is 8.71. The van der Waals surface area contributed by atoms with E-state index in [9.17, 15) is 9.90 Å². The second-order valence-corrected chi connectivity index (χ2v) is 11.7. The van der Waals surface area contributed by atoms with E-state index in [0.717, 1.165) is 62.6 Å². The van der Waals surface area contributed by atoms with Gasteiger partial charge in [-0.1, -0.05) is 31.2 Å². The Hall–Kier alpha value is -3.28. The minimum Gasteiger partial charge on any atom is -0.508 e. The molecule has 4 aliphatic rings. The van der Waals surface area contributed by atoms with Gasteiger partial charge in [0.05, 0.1) is 19.4 Å². The first-order valence-electron chi connectivity index (χ1n) is 13.8. The van der Waals surface area contributed by atoms with Gasteiger partial charge in [-0.15, -0.1) is 0 Å². The molecule has 5 nitrogen and oxygen atoms in total. The first kappa shape index (κ1) is 25.0. The first-order chi connectivity index (χ1) is 18.4. The highest BCUT2D eigenvalue weighted by Gasteiger charge is 2.46. The highest BCUT2D eigenvalue weighted by Crippen LogP contribution is 2.53. The van der Waals surface area contributed by atoms with Crippen LogP contribution in [0.2, 0.25) is 0 Å². The van der Waals surface area contributed by atoms with Crippen LogP contribution in [0.4, 0.5) is 10.1 Å². The predicted molar refractivity (Wildman–Crippen MR) is 146 cm³/mol. The average Bonchev–Trinajstić information content (AvgIpc) is 2.91. The lowest BCUT2D eigenvalue weighted by Crippen LogP contribution is -2.47. The zero-order valence-corrected chi connectivity index (χ0v) is 22.2. The minimum absolute atomic E-state index is 0.00540. The van der Waals surface area contributed by atoms with Crippen molar-refractivity contribution in [1.82, 2.24) is 0 Å². The Morgan fingerprint density at radius 2 is 1.95 bits per heavy atom. The standard InChI is InChI=1S/C32H36FNO4/c1-20-3-5-22(6-4-20)26-19-38-30-13-23(36)7-8-24(30)31(26)25-14-27(33)28(15-29(25)37-2)34-11-9-32(10-12-34)16-21(17-32)18-35/h3,5-8,13-15,18,20-21,26,31,36H,4,9-12,16-17,19H2,1-2H3. The molecule has 2 aliphatic heterocycles. The van der Waals surface area contributed by atoms with E-state index in [4.69, 9.17) is 9.47 Å². The number of carbonyl (C=O) groups is 1. The fourth-order valence-electron chi connectivity index (χ4n) is 7.09. The molecule has 2 heterocycles. The van der Waals surface area contributed by atoms with Crippen molar-refractivity contribution in [3.05, 3.63) is 71.1 Å². The molecule has 1 saturated heterocycles. The second-order valence-electron chi connectivity index (χ2n) is 11.7. The number of aldehydes is 1. The third-order valence-electron chi connectivity index (χ3n) is 9.31. The van der Waals surface area contributed by atoms with E-state index in [1.54, 1.807) is 25.3 Å². The highest BCUT2D eigenvalue weighted by molar-refractivity contribution is 5.60. The van der Waals surface area contributed by atoms with Crippen LogP contribution in [-0.2, 0) is 4.79 Å². The Bertz CT molecular complexity index is 1280. The van der Waals surface area contributed by atoms with E-state index < -0.39 is 0 Å². The summed E-state index contributed by atoms with van der Waals surface area (Å²) in [7, 11) is 1.65. The summed E-state index contributed by atoms with van der Waals surface area (Å²) in [6.07, 6.45) is 12.6. The Balaban J connectivity index is 1.35. The molecular formula is C32H36FNO4. The lowest BCUT2D eigenvalue weighted by molar-refractivity contribution is -0.118. The lowest BCUT2D eigenvalue weighted by atomic mass is 9.58. The number of hydrogen-bond donors (Lipinski definition) is 1. The number of ether oxygens (including phenoxy) is 2. The molecule has 2 aromatic rings. The summed E-state index contributed by atoms with van der Waals surface area (Å²) >= 11 is 0. The zero-order valence-electron chi connectivity index (χ0n) is 22.2. The predicted octanol–water partition coefficient (Wildman–Crippen LogP) is 6.40. The quantitative estimate of drug-likeness (QED) is 0.465. The number of halogens is 1. The number of phenolic OH excluding ortho intramolecular Hbond substituents is 1. The van der Waals surface area contributed by atoms with Gasteiger partial charge in [0, 0.05) is 54.1 Å². The molecule has 6 heteroatoms. The first-order valence-corrected chi connectivity index (χ1v) is 13.8. The molecular weight excluding hydrogens is 481 g/mol. The van der Waals surface area contributed by atoms with Crippen LogP contribution in [0.25, 0.3) is 0 Å². The minimum atomic E-state index is -0.247. The van der Waals surface area contributed by atoms with Crippen molar-refractivity contribution in [1.29, 1.82) is 0 Å². The number of aromatic hydroxyl groups is 1. The van der Waals surface area contributed by atoms with Crippen molar-refractivity contribution in [2.45, 2.75) is 44.9 Å². The molecule has 38 heavy (non-hydrogen) atoms. The van der Waals surface area contributed by atoms with Crippen LogP contribution in [0, 0.1) is 29.0 Å². The maximum atomic E-state index is 15.9. The van der Waals surface area contributed by atoms with Gasteiger partial charge >= 0.3 is 0 Å². The molecule has 3 unspecified atom stereocenters. The van der Waals surface area contributed by atoms with Crippen LogP contribution in [0.3, 0.4) is 0 Å². The number of benzene rings is 2. The van der Waals surface area contributed by atoms with Gasteiger partial charge in [-0.25, -0.2) is 4.39 Å². The summed E-state index contributed by atoms with van der Waals surface area (Å²) in [5.41, 5.74) is 3.74. The molecule has 200 valence electrons. The van der Waals surface area contributed by atoms with Crippen molar-refractivity contribution in [2.75, 3.05) is 31.7 Å². The maximum absolute atomic E-state index is 15.9. The van der Waals surface area contributed by atoms with Crippen molar-refractivity contribution >= 4 is 12.0 Å². The summed E-state index contributed by atoms with van der Waals surface area (Å²) in [4.78, 5) is 13.2. The van der Waals surface area contributed by atoms with Gasteiger partial charge in [0.2, 0.25) is 0 Å². The van der Waals surface area contributed by atoms with E-state index in [-0.39, 0.29) is 34.7 Å². The summed E-state index contributed by atoms with van der Waals surface area (Å²) in [5.74, 6) is 1.70. The van der Waals surface area contributed by atoms with Crippen LogP contribution in [0.1, 0.15) is 56.1 Å². The Kier molecular flexibility index (Phi) is 6.45. The molecule has 1 saturated carbocycles. The molecule has 1 spiro atoms. The molecule has 0 bridgehead atoms. The van der Waals surface area contributed by atoms with Crippen LogP contribution in [0.15, 0.2) is 54.1 Å². The van der Waals surface area contributed by atoms with E-state index in [0.29, 0.717) is 29.7 Å². The monoisotopic (exact) mass is 517 g/mol. The SMILES string of the molecule is COc1cc(N2CCC3(CC2)CC(C=O)C3)c(F)cc1C1c2ccc(O)cc2OCC1C1=CCC(C)C=C1.